The third-order valence-electron chi connectivity index (χ3n) is 5.36. The fourth-order valence-corrected chi connectivity index (χ4v) is 3.86. The van der Waals surface area contributed by atoms with E-state index in [0.29, 0.717) is 5.92 Å². The largest absolute Gasteiger partial charge is 0.373 e. The maximum Gasteiger partial charge on any atom is 0.150 e. The maximum atomic E-state index is 14.3. The van der Waals surface area contributed by atoms with Gasteiger partial charge in [0.15, 0.2) is 5.82 Å². The summed E-state index contributed by atoms with van der Waals surface area (Å²) in [4.78, 5) is 3.81. The van der Waals surface area contributed by atoms with Gasteiger partial charge < -0.3 is 4.74 Å². The highest BCUT2D eigenvalue weighted by molar-refractivity contribution is 7.78. The SMILES string of the molecule is CCCCC1CC[C@@H](c2ccc(-c3cc(C)c(N=C=S)c(F)c3)cc2)OC1. The first kappa shape index (κ1) is 19.9. The Labute approximate surface area is 166 Å². The van der Waals surface area contributed by atoms with Crippen molar-refractivity contribution in [3.63, 3.8) is 0 Å². The van der Waals surface area contributed by atoms with E-state index in [2.05, 4.69) is 41.4 Å². The lowest BCUT2D eigenvalue weighted by atomic mass is 9.90. The first-order valence-corrected chi connectivity index (χ1v) is 10.1. The van der Waals surface area contributed by atoms with Crippen LogP contribution in [0.5, 0.6) is 0 Å². The van der Waals surface area contributed by atoms with Crippen LogP contribution in [-0.2, 0) is 4.74 Å². The quantitative estimate of drug-likeness (QED) is 0.389. The summed E-state index contributed by atoms with van der Waals surface area (Å²) in [6, 6.07) is 11.7. The molecule has 2 nitrogen and oxygen atoms in total. The topological polar surface area (TPSA) is 21.6 Å². The van der Waals surface area contributed by atoms with E-state index in [9.17, 15) is 4.39 Å². The highest BCUT2D eigenvalue weighted by Crippen LogP contribution is 2.34. The number of hydrogen-bond acceptors (Lipinski definition) is 3. The zero-order valence-corrected chi connectivity index (χ0v) is 16.8. The second kappa shape index (κ2) is 9.36. The molecular formula is C23H26FNOS. The van der Waals surface area contributed by atoms with Crippen LogP contribution in [0, 0.1) is 18.7 Å². The molecule has 1 aliphatic heterocycles. The van der Waals surface area contributed by atoms with Crippen LogP contribution in [0.3, 0.4) is 0 Å². The number of hydrogen-bond donors (Lipinski definition) is 0. The zero-order valence-electron chi connectivity index (χ0n) is 16.0. The van der Waals surface area contributed by atoms with Gasteiger partial charge in [-0.1, -0.05) is 44.0 Å². The molecule has 0 aromatic heterocycles. The molecule has 0 radical (unpaired) electrons. The van der Waals surface area contributed by atoms with Crippen molar-refractivity contribution in [2.75, 3.05) is 6.61 Å². The molecule has 1 aliphatic rings. The minimum Gasteiger partial charge on any atom is -0.373 e. The van der Waals surface area contributed by atoms with Gasteiger partial charge >= 0.3 is 0 Å². The number of benzene rings is 2. The van der Waals surface area contributed by atoms with E-state index in [1.807, 2.05) is 25.1 Å². The number of unbranched alkanes of at least 4 members (excludes halogenated alkanes) is 1. The van der Waals surface area contributed by atoms with Crippen LogP contribution in [-0.4, -0.2) is 11.8 Å². The van der Waals surface area contributed by atoms with Crippen LogP contribution in [0.1, 0.15) is 56.3 Å². The molecule has 1 saturated heterocycles. The van der Waals surface area contributed by atoms with E-state index in [1.54, 1.807) is 0 Å². The molecule has 1 unspecified atom stereocenters. The summed E-state index contributed by atoms with van der Waals surface area (Å²) >= 11 is 4.59. The van der Waals surface area contributed by atoms with Crippen molar-refractivity contribution < 1.29 is 9.13 Å². The summed E-state index contributed by atoms with van der Waals surface area (Å²) in [5.41, 5.74) is 4.03. The maximum absolute atomic E-state index is 14.3. The summed E-state index contributed by atoms with van der Waals surface area (Å²) in [7, 11) is 0. The molecule has 0 spiro atoms. The normalized spacial score (nSPS) is 19.5. The third-order valence-corrected chi connectivity index (χ3v) is 5.45. The second-order valence-electron chi connectivity index (χ2n) is 7.36. The summed E-state index contributed by atoms with van der Waals surface area (Å²) in [5.74, 6) is 0.333. The van der Waals surface area contributed by atoms with Crippen molar-refractivity contribution in [2.24, 2.45) is 10.9 Å². The van der Waals surface area contributed by atoms with E-state index >= 15 is 0 Å². The van der Waals surface area contributed by atoms with Crippen LogP contribution in [0.15, 0.2) is 41.4 Å². The van der Waals surface area contributed by atoms with Gasteiger partial charge in [-0.3, -0.25) is 0 Å². The van der Waals surface area contributed by atoms with Gasteiger partial charge in [0.25, 0.3) is 0 Å². The Kier molecular flexibility index (Phi) is 6.89. The molecular weight excluding hydrogens is 357 g/mol. The number of isothiocyanates is 1. The highest BCUT2D eigenvalue weighted by Gasteiger charge is 2.22. The summed E-state index contributed by atoms with van der Waals surface area (Å²) in [6.07, 6.45) is 6.30. The molecule has 3 rings (SSSR count). The molecule has 2 aromatic carbocycles. The Balaban J connectivity index is 1.70. The zero-order chi connectivity index (χ0) is 19.2. The molecule has 142 valence electrons. The standard InChI is InChI=1S/C23H26FNOS/c1-3-4-5-17-6-11-22(26-14-17)19-9-7-18(8-10-19)20-12-16(2)23(25-15-27)21(24)13-20/h7-10,12-13,17,22H,3-6,11,14H2,1-2H3/t17?,22-/m0/s1. The number of rotatable bonds is 6. The third kappa shape index (κ3) is 4.90. The first-order valence-electron chi connectivity index (χ1n) is 9.72. The number of nitrogens with zero attached hydrogens (tertiary/aromatic N) is 1. The van der Waals surface area contributed by atoms with Crippen molar-refractivity contribution in [3.8, 4) is 11.1 Å². The fourth-order valence-electron chi connectivity index (χ4n) is 3.77. The number of thiocarbonyl (C=S) groups is 1. The van der Waals surface area contributed by atoms with Crippen molar-refractivity contribution in [3.05, 3.63) is 53.3 Å². The molecule has 0 saturated carbocycles. The average Bonchev–Trinajstić information content (AvgIpc) is 2.69. The van der Waals surface area contributed by atoms with Gasteiger partial charge in [-0.15, -0.1) is 0 Å². The molecule has 0 N–H and O–H groups in total. The summed E-state index contributed by atoms with van der Waals surface area (Å²) < 4.78 is 20.4. The van der Waals surface area contributed by atoms with Gasteiger partial charge in [-0.2, -0.15) is 4.99 Å². The second-order valence-corrected chi connectivity index (χ2v) is 7.54. The molecule has 2 aromatic rings. The van der Waals surface area contributed by atoms with E-state index in [1.165, 1.54) is 37.3 Å². The first-order chi connectivity index (χ1) is 13.1. The molecule has 0 bridgehead atoms. The Morgan fingerprint density at radius 2 is 1.96 bits per heavy atom. The lowest BCUT2D eigenvalue weighted by Crippen LogP contribution is -2.20. The molecule has 0 amide bonds. The summed E-state index contributed by atoms with van der Waals surface area (Å²) in [6.45, 7) is 4.93. The minimum absolute atomic E-state index is 0.176. The lowest BCUT2D eigenvalue weighted by Gasteiger charge is -2.29. The number of ether oxygens (including phenoxy) is 1. The lowest BCUT2D eigenvalue weighted by molar-refractivity contribution is -0.0197. The number of aliphatic imine (C=N–C) groups is 1. The van der Waals surface area contributed by atoms with E-state index in [-0.39, 0.29) is 17.6 Å². The van der Waals surface area contributed by atoms with Crippen molar-refractivity contribution in [1.82, 2.24) is 0 Å². The summed E-state index contributed by atoms with van der Waals surface area (Å²) in [5, 5.41) is 2.24. The minimum atomic E-state index is -0.375. The van der Waals surface area contributed by atoms with Gasteiger partial charge in [0.05, 0.1) is 17.9 Å². The smallest absolute Gasteiger partial charge is 0.150 e. The van der Waals surface area contributed by atoms with Crippen LogP contribution in [0.25, 0.3) is 11.1 Å². The Morgan fingerprint density at radius 1 is 1.19 bits per heavy atom. The van der Waals surface area contributed by atoms with E-state index < -0.39 is 0 Å². The Morgan fingerprint density at radius 3 is 2.56 bits per heavy atom. The van der Waals surface area contributed by atoms with Crippen LogP contribution in [0.2, 0.25) is 0 Å². The van der Waals surface area contributed by atoms with E-state index in [4.69, 9.17) is 4.74 Å². The molecule has 0 aliphatic carbocycles. The monoisotopic (exact) mass is 383 g/mol. The number of aryl methyl sites for hydroxylation is 1. The van der Waals surface area contributed by atoms with Gasteiger partial charge in [-0.25, -0.2) is 4.39 Å². The van der Waals surface area contributed by atoms with E-state index in [0.717, 1.165) is 29.7 Å². The molecule has 2 atom stereocenters. The molecule has 4 heteroatoms. The number of halogens is 1. The van der Waals surface area contributed by atoms with Gasteiger partial charge in [0.1, 0.15) is 5.69 Å². The van der Waals surface area contributed by atoms with Gasteiger partial charge in [0.2, 0.25) is 0 Å². The van der Waals surface area contributed by atoms with Gasteiger partial charge in [0, 0.05) is 0 Å². The van der Waals surface area contributed by atoms with Gasteiger partial charge in [-0.05, 0) is 78.7 Å². The predicted octanol–water partition coefficient (Wildman–Crippen LogP) is 7.19. The molecule has 27 heavy (non-hydrogen) atoms. The van der Waals surface area contributed by atoms with Crippen molar-refractivity contribution >= 4 is 23.1 Å². The average molecular weight is 384 g/mol. The fraction of sp³-hybridized carbons (Fsp3) is 0.435. The van der Waals surface area contributed by atoms with Crippen LogP contribution in [0.4, 0.5) is 10.1 Å². The predicted molar refractivity (Wildman–Crippen MR) is 112 cm³/mol. The highest BCUT2D eigenvalue weighted by atomic mass is 32.1. The molecule has 1 heterocycles. The van der Waals surface area contributed by atoms with Crippen molar-refractivity contribution in [1.29, 1.82) is 0 Å². The van der Waals surface area contributed by atoms with Crippen LogP contribution >= 0.6 is 12.2 Å². The Bertz CT molecular complexity index is 796. The molecule has 1 fully saturated rings. The van der Waals surface area contributed by atoms with Crippen LogP contribution < -0.4 is 0 Å². The Hall–Kier alpha value is -1.87. The van der Waals surface area contributed by atoms with Crippen molar-refractivity contribution in [2.45, 2.75) is 52.1 Å².